The number of carbonyl (C=O) groups excluding carboxylic acids is 1. The van der Waals surface area contributed by atoms with Crippen LogP contribution >= 0.6 is 0 Å². The molecular weight excluding hydrogens is 242 g/mol. The molecule has 19 heavy (non-hydrogen) atoms. The smallest absolute Gasteiger partial charge is 0.342 e. The molecule has 0 spiro atoms. The predicted octanol–water partition coefficient (Wildman–Crippen LogP) is 2.96. The molecule has 2 aromatic carbocycles. The van der Waals surface area contributed by atoms with Crippen LogP contribution in [0.2, 0.25) is 0 Å². The van der Waals surface area contributed by atoms with Crippen molar-refractivity contribution in [2.45, 2.75) is 0 Å². The number of rotatable bonds is 2. The van der Waals surface area contributed by atoms with Gasteiger partial charge < -0.3 is 14.4 Å². The molecular formula is C15H13NO3. The van der Waals surface area contributed by atoms with Gasteiger partial charge in [-0.05, 0) is 30.3 Å². The highest BCUT2D eigenvalue weighted by atomic mass is 16.5. The van der Waals surface area contributed by atoms with Crippen molar-refractivity contribution in [3.8, 4) is 5.75 Å². The molecule has 0 N–H and O–H groups in total. The lowest BCUT2D eigenvalue weighted by Crippen LogP contribution is -2.30. The Balaban J connectivity index is 2.08. The number of cyclic esters (lactones) is 1. The van der Waals surface area contributed by atoms with Gasteiger partial charge in [-0.3, -0.25) is 0 Å². The molecule has 0 saturated heterocycles. The van der Waals surface area contributed by atoms with Crippen molar-refractivity contribution in [1.29, 1.82) is 0 Å². The van der Waals surface area contributed by atoms with E-state index in [1.165, 1.54) is 0 Å². The van der Waals surface area contributed by atoms with E-state index < -0.39 is 0 Å². The summed E-state index contributed by atoms with van der Waals surface area (Å²) in [7, 11) is 1.57. The summed E-state index contributed by atoms with van der Waals surface area (Å²) in [6, 6.07) is 15.2. The first-order valence-corrected chi connectivity index (χ1v) is 5.97. The molecule has 0 unspecified atom stereocenters. The molecule has 0 aromatic heterocycles. The van der Waals surface area contributed by atoms with Crippen molar-refractivity contribution < 1.29 is 14.3 Å². The highest BCUT2D eigenvalue weighted by molar-refractivity contribution is 5.99. The number of fused-ring (bicyclic) bond motifs is 1. The minimum atomic E-state index is -0.318. The average molecular weight is 255 g/mol. The summed E-state index contributed by atoms with van der Waals surface area (Å²) in [6.07, 6.45) is 0. The highest BCUT2D eigenvalue weighted by Crippen LogP contribution is 2.34. The standard InChI is InChI=1S/C15H13NO3/c1-18-12-7-8-14-13(9-12)15(17)19-10-16(14)11-5-3-2-4-6-11/h2-9H,10H2,1H3. The maximum atomic E-state index is 11.8. The Labute approximate surface area is 111 Å². The molecule has 1 aliphatic heterocycles. The fourth-order valence-electron chi connectivity index (χ4n) is 2.13. The SMILES string of the molecule is COc1ccc2c(c1)C(=O)OCN2c1ccccc1. The van der Waals surface area contributed by atoms with Crippen molar-refractivity contribution in [2.75, 3.05) is 18.7 Å². The number of hydrogen-bond donors (Lipinski definition) is 0. The monoisotopic (exact) mass is 255 g/mol. The second-order valence-electron chi connectivity index (χ2n) is 4.21. The van der Waals surface area contributed by atoms with Crippen LogP contribution in [-0.4, -0.2) is 19.8 Å². The molecule has 2 aromatic rings. The van der Waals surface area contributed by atoms with Crippen molar-refractivity contribution in [3.05, 3.63) is 54.1 Å². The van der Waals surface area contributed by atoms with E-state index in [9.17, 15) is 4.79 Å². The van der Waals surface area contributed by atoms with Crippen LogP contribution in [0.25, 0.3) is 0 Å². The minimum absolute atomic E-state index is 0.224. The third-order valence-corrected chi connectivity index (χ3v) is 3.11. The number of benzene rings is 2. The number of anilines is 2. The van der Waals surface area contributed by atoms with Gasteiger partial charge in [0.05, 0.1) is 18.4 Å². The Bertz CT molecular complexity index is 610. The van der Waals surface area contributed by atoms with E-state index in [4.69, 9.17) is 9.47 Å². The molecule has 3 rings (SSSR count). The molecule has 0 atom stereocenters. The van der Waals surface area contributed by atoms with Crippen molar-refractivity contribution >= 4 is 17.3 Å². The summed E-state index contributed by atoms with van der Waals surface area (Å²) >= 11 is 0. The zero-order valence-corrected chi connectivity index (χ0v) is 10.5. The summed E-state index contributed by atoms with van der Waals surface area (Å²) in [6.45, 7) is 0.224. The van der Waals surface area contributed by atoms with Crippen molar-refractivity contribution in [2.24, 2.45) is 0 Å². The molecule has 0 bridgehead atoms. The van der Waals surface area contributed by atoms with Gasteiger partial charge in [-0.15, -0.1) is 0 Å². The molecule has 0 aliphatic carbocycles. The van der Waals surface area contributed by atoms with E-state index in [1.807, 2.05) is 47.4 Å². The minimum Gasteiger partial charge on any atom is -0.497 e. The fourth-order valence-corrected chi connectivity index (χ4v) is 2.13. The Morgan fingerprint density at radius 3 is 2.68 bits per heavy atom. The lowest BCUT2D eigenvalue weighted by molar-refractivity contribution is 0.0493. The Kier molecular flexibility index (Phi) is 2.83. The second-order valence-corrected chi connectivity index (χ2v) is 4.21. The summed E-state index contributed by atoms with van der Waals surface area (Å²) < 4.78 is 10.3. The normalized spacial score (nSPS) is 13.7. The van der Waals surface area contributed by atoms with Crippen molar-refractivity contribution in [3.63, 3.8) is 0 Å². The van der Waals surface area contributed by atoms with E-state index >= 15 is 0 Å². The predicted molar refractivity (Wildman–Crippen MR) is 71.9 cm³/mol. The van der Waals surface area contributed by atoms with Gasteiger partial charge in [-0.1, -0.05) is 18.2 Å². The first-order chi connectivity index (χ1) is 9.29. The molecule has 4 heteroatoms. The van der Waals surface area contributed by atoms with Crippen molar-refractivity contribution in [1.82, 2.24) is 0 Å². The van der Waals surface area contributed by atoms with Crippen LogP contribution in [0.4, 0.5) is 11.4 Å². The molecule has 0 saturated carbocycles. The summed E-state index contributed by atoms with van der Waals surface area (Å²) in [5.41, 5.74) is 2.35. The molecule has 0 amide bonds. The van der Waals surface area contributed by atoms with Crippen LogP contribution in [0, 0.1) is 0 Å². The number of carbonyl (C=O) groups is 1. The third-order valence-electron chi connectivity index (χ3n) is 3.11. The van der Waals surface area contributed by atoms with Crippen LogP contribution in [-0.2, 0) is 4.74 Å². The fraction of sp³-hybridized carbons (Fsp3) is 0.133. The topological polar surface area (TPSA) is 38.8 Å². The number of hydrogen-bond acceptors (Lipinski definition) is 4. The largest absolute Gasteiger partial charge is 0.497 e. The maximum Gasteiger partial charge on any atom is 0.342 e. The molecule has 1 heterocycles. The number of methoxy groups -OCH3 is 1. The zero-order chi connectivity index (χ0) is 13.2. The maximum absolute atomic E-state index is 11.8. The van der Waals surface area contributed by atoms with Crippen LogP contribution in [0.5, 0.6) is 5.75 Å². The van der Waals surface area contributed by atoms with Gasteiger partial charge in [0, 0.05) is 5.69 Å². The van der Waals surface area contributed by atoms with E-state index in [2.05, 4.69) is 0 Å². The van der Waals surface area contributed by atoms with E-state index in [0.29, 0.717) is 11.3 Å². The van der Waals surface area contributed by atoms with Gasteiger partial charge in [0.2, 0.25) is 0 Å². The molecule has 1 aliphatic rings. The van der Waals surface area contributed by atoms with Gasteiger partial charge in [0.1, 0.15) is 5.75 Å². The highest BCUT2D eigenvalue weighted by Gasteiger charge is 2.25. The quantitative estimate of drug-likeness (QED) is 0.773. The Morgan fingerprint density at radius 1 is 1.16 bits per heavy atom. The number of ether oxygens (including phenoxy) is 2. The van der Waals surface area contributed by atoms with E-state index in [-0.39, 0.29) is 12.7 Å². The zero-order valence-electron chi connectivity index (χ0n) is 10.5. The first-order valence-electron chi connectivity index (χ1n) is 5.97. The van der Waals surface area contributed by atoms with E-state index in [1.54, 1.807) is 13.2 Å². The van der Waals surface area contributed by atoms with Crippen LogP contribution in [0.3, 0.4) is 0 Å². The number of nitrogens with zero attached hydrogens (tertiary/aromatic N) is 1. The molecule has 4 nitrogen and oxygen atoms in total. The van der Waals surface area contributed by atoms with Gasteiger partial charge in [0.15, 0.2) is 6.73 Å². The van der Waals surface area contributed by atoms with Crippen LogP contribution < -0.4 is 9.64 Å². The Morgan fingerprint density at radius 2 is 1.95 bits per heavy atom. The molecule has 96 valence electrons. The second kappa shape index (κ2) is 4.65. The van der Waals surface area contributed by atoms with Crippen LogP contribution in [0.1, 0.15) is 10.4 Å². The van der Waals surface area contributed by atoms with Gasteiger partial charge in [-0.2, -0.15) is 0 Å². The van der Waals surface area contributed by atoms with Gasteiger partial charge in [-0.25, -0.2) is 4.79 Å². The van der Waals surface area contributed by atoms with Gasteiger partial charge in [0.25, 0.3) is 0 Å². The molecule has 0 radical (unpaired) electrons. The first kappa shape index (κ1) is 11.6. The van der Waals surface area contributed by atoms with E-state index in [0.717, 1.165) is 11.4 Å². The van der Waals surface area contributed by atoms with Gasteiger partial charge >= 0.3 is 5.97 Å². The summed E-state index contributed by atoms with van der Waals surface area (Å²) in [5.74, 6) is 0.326. The average Bonchev–Trinajstić information content (AvgIpc) is 2.48. The van der Waals surface area contributed by atoms with Crippen LogP contribution in [0.15, 0.2) is 48.5 Å². The molecule has 0 fully saturated rings. The Hall–Kier alpha value is -2.49. The lowest BCUT2D eigenvalue weighted by atomic mass is 10.1. The summed E-state index contributed by atoms with van der Waals surface area (Å²) in [5, 5.41) is 0. The lowest BCUT2D eigenvalue weighted by Gasteiger charge is -2.30. The number of esters is 1. The summed E-state index contributed by atoms with van der Waals surface area (Å²) in [4.78, 5) is 13.8. The number of para-hydroxylation sites is 1. The third kappa shape index (κ3) is 2.01.